The van der Waals surface area contributed by atoms with E-state index < -0.39 is 5.63 Å². The highest BCUT2D eigenvalue weighted by Gasteiger charge is 2.08. The molecule has 0 bridgehead atoms. The number of amides is 1. The van der Waals surface area contributed by atoms with Gasteiger partial charge in [0.25, 0.3) is 5.91 Å². The van der Waals surface area contributed by atoms with E-state index in [0.717, 1.165) is 0 Å². The van der Waals surface area contributed by atoms with Gasteiger partial charge < -0.3 is 9.73 Å². The van der Waals surface area contributed by atoms with E-state index in [1.165, 1.54) is 18.2 Å². The van der Waals surface area contributed by atoms with E-state index >= 15 is 0 Å². The lowest BCUT2D eigenvalue weighted by Crippen LogP contribution is -2.30. The summed E-state index contributed by atoms with van der Waals surface area (Å²) in [6.45, 7) is 3.66. The number of carbonyl (C=O) groups is 1. The molecule has 1 aromatic heterocycles. The highest BCUT2D eigenvalue weighted by Crippen LogP contribution is 1.94. The monoisotopic (exact) mass is 181 g/mol. The first kappa shape index (κ1) is 9.51. The van der Waals surface area contributed by atoms with E-state index in [9.17, 15) is 9.59 Å². The van der Waals surface area contributed by atoms with Crippen molar-refractivity contribution in [2.45, 2.75) is 19.9 Å². The summed E-state index contributed by atoms with van der Waals surface area (Å²) in [4.78, 5) is 22.0. The molecule has 1 amide bonds. The molecule has 0 atom stereocenters. The van der Waals surface area contributed by atoms with Crippen LogP contribution in [0.5, 0.6) is 0 Å². The Morgan fingerprint density at radius 2 is 2.15 bits per heavy atom. The zero-order valence-electron chi connectivity index (χ0n) is 7.53. The van der Waals surface area contributed by atoms with Crippen molar-refractivity contribution in [3.05, 3.63) is 34.4 Å². The molecule has 0 saturated carbocycles. The van der Waals surface area contributed by atoms with Crippen molar-refractivity contribution in [3.8, 4) is 0 Å². The van der Waals surface area contributed by atoms with Crippen LogP contribution in [0.25, 0.3) is 0 Å². The van der Waals surface area contributed by atoms with Gasteiger partial charge in [-0.15, -0.1) is 0 Å². The third kappa shape index (κ3) is 2.74. The van der Waals surface area contributed by atoms with Gasteiger partial charge in [0.15, 0.2) is 5.76 Å². The number of hydrogen-bond donors (Lipinski definition) is 1. The first-order valence-corrected chi connectivity index (χ1v) is 4.00. The predicted octanol–water partition coefficient (Wildman–Crippen LogP) is 0.778. The molecule has 13 heavy (non-hydrogen) atoms. The van der Waals surface area contributed by atoms with Crippen LogP contribution in [0.15, 0.2) is 27.4 Å². The molecule has 0 unspecified atom stereocenters. The average Bonchev–Trinajstić information content (AvgIpc) is 2.03. The predicted molar refractivity (Wildman–Crippen MR) is 47.6 cm³/mol. The second kappa shape index (κ2) is 3.89. The van der Waals surface area contributed by atoms with Crippen molar-refractivity contribution in [2.75, 3.05) is 0 Å². The van der Waals surface area contributed by atoms with Crippen LogP contribution in [-0.4, -0.2) is 11.9 Å². The van der Waals surface area contributed by atoms with Crippen LogP contribution in [0, 0.1) is 0 Å². The van der Waals surface area contributed by atoms with Crippen molar-refractivity contribution in [2.24, 2.45) is 0 Å². The van der Waals surface area contributed by atoms with Gasteiger partial charge in [0.1, 0.15) is 0 Å². The summed E-state index contributed by atoms with van der Waals surface area (Å²) in [6.07, 6.45) is 0. The quantitative estimate of drug-likeness (QED) is 0.733. The van der Waals surface area contributed by atoms with Gasteiger partial charge in [0.2, 0.25) is 0 Å². The molecule has 70 valence electrons. The number of hydrogen-bond acceptors (Lipinski definition) is 3. The summed E-state index contributed by atoms with van der Waals surface area (Å²) < 4.78 is 4.67. The number of rotatable bonds is 2. The standard InChI is InChI=1S/C9H11NO3/c1-6(2)10-9(12)7-4-3-5-8(11)13-7/h3-6H,1-2H3,(H,10,12). The fraction of sp³-hybridized carbons (Fsp3) is 0.333. The van der Waals surface area contributed by atoms with E-state index in [1.807, 2.05) is 13.8 Å². The summed E-state index contributed by atoms with van der Waals surface area (Å²) in [5.41, 5.74) is -0.517. The van der Waals surface area contributed by atoms with Gasteiger partial charge in [-0.2, -0.15) is 0 Å². The first-order chi connectivity index (χ1) is 6.09. The van der Waals surface area contributed by atoms with Crippen LogP contribution >= 0.6 is 0 Å². The smallest absolute Gasteiger partial charge is 0.336 e. The Kier molecular flexibility index (Phi) is 2.84. The van der Waals surface area contributed by atoms with Crippen molar-refractivity contribution >= 4 is 5.91 Å². The van der Waals surface area contributed by atoms with Crippen molar-refractivity contribution in [1.82, 2.24) is 5.32 Å². The molecule has 4 heteroatoms. The van der Waals surface area contributed by atoms with E-state index in [1.54, 1.807) is 0 Å². The summed E-state index contributed by atoms with van der Waals surface area (Å²) in [7, 11) is 0. The van der Waals surface area contributed by atoms with E-state index in [-0.39, 0.29) is 17.7 Å². The summed E-state index contributed by atoms with van der Waals surface area (Å²) in [6, 6.07) is 4.23. The fourth-order valence-electron chi connectivity index (χ4n) is 0.846. The lowest BCUT2D eigenvalue weighted by atomic mass is 10.3. The Hall–Kier alpha value is -1.58. The van der Waals surface area contributed by atoms with Crippen LogP contribution in [0.2, 0.25) is 0 Å². The Balaban J connectivity index is 2.83. The molecule has 1 N–H and O–H groups in total. The van der Waals surface area contributed by atoms with Crippen LogP contribution in [0.1, 0.15) is 24.4 Å². The van der Waals surface area contributed by atoms with Gasteiger partial charge in [-0.1, -0.05) is 6.07 Å². The molecule has 1 rings (SSSR count). The molecule has 0 spiro atoms. The third-order valence-electron chi connectivity index (χ3n) is 1.33. The van der Waals surface area contributed by atoms with Gasteiger partial charge in [0, 0.05) is 12.1 Å². The van der Waals surface area contributed by atoms with Crippen molar-refractivity contribution < 1.29 is 9.21 Å². The Morgan fingerprint density at radius 1 is 1.46 bits per heavy atom. The number of carbonyl (C=O) groups excluding carboxylic acids is 1. The zero-order chi connectivity index (χ0) is 9.84. The highest BCUT2D eigenvalue weighted by atomic mass is 16.4. The molecule has 0 aromatic carbocycles. The Bertz CT molecular complexity index is 354. The van der Waals surface area contributed by atoms with E-state index in [4.69, 9.17) is 0 Å². The fourth-order valence-corrected chi connectivity index (χ4v) is 0.846. The summed E-state index contributed by atoms with van der Waals surface area (Å²) in [5, 5.41) is 2.61. The molecule has 0 saturated heterocycles. The lowest BCUT2D eigenvalue weighted by Gasteiger charge is -2.05. The van der Waals surface area contributed by atoms with Crippen LogP contribution in [-0.2, 0) is 0 Å². The Morgan fingerprint density at radius 3 is 2.69 bits per heavy atom. The van der Waals surface area contributed by atoms with Gasteiger partial charge in [-0.25, -0.2) is 4.79 Å². The van der Waals surface area contributed by atoms with Crippen molar-refractivity contribution in [3.63, 3.8) is 0 Å². The average molecular weight is 181 g/mol. The molecule has 1 heterocycles. The lowest BCUT2D eigenvalue weighted by molar-refractivity contribution is 0.0910. The van der Waals surface area contributed by atoms with Gasteiger partial charge in [0.05, 0.1) is 0 Å². The van der Waals surface area contributed by atoms with Gasteiger partial charge in [-0.3, -0.25) is 4.79 Å². The van der Waals surface area contributed by atoms with Crippen LogP contribution in [0.3, 0.4) is 0 Å². The molecule has 0 fully saturated rings. The maximum absolute atomic E-state index is 11.3. The molecule has 0 radical (unpaired) electrons. The second-order valence-electron chi connectivity index (χ2n) is 2.94. The largest absolute Gasteiger partial charge is 0.417 e. The molecular formula is C9H11NO3. The van der Waals surface area contributed by atoms with Gasteiger partial charge >= 0.3 is 5.63 Å². The molecule has 0 aliphatic rings. The van der Waals surface area contributed by atoms with Crippen LogP contribution in [0.4, 0.5) is 0 Å². The van der Waals surface area contributed by atoms with Gasteiger partial charge in [-0.05, 0) is 19.9 Å². The molecule has 1 aromatic rings. The van der Waals surface area contributed by atoms with Crippen LogP contribution < -0.4 is 10.9 Å². The number of nitrogens with one attached hydrogen (secondary N) is 1. The van der Waals surface area contributed by atoms with E-state index in [0.29, 0.717) is 0 Å². The minimum atomic E-state index is -0.517. The topological polar surface area (TPSA) is 59.3 Å². The summed E-state index contributed by atoms with van der Waals surface area (Å²) >= 11 is 0. The summed E-state index contributed by atoms with van der Waals surface area (Å²) in [5.74, 6) is -0.325. The van der Waals surface area contributed by atoms with E-state index in [2.05, 4.69) is 9.73 Å². The normalized spacial score (nSPS) is 10.1. The SMILES string of the molecule is CC(C)NC(=O)c1cccc(=O)o1. The highest BCUT2D eigenvalue weighted by molar-refractivity contribution is 5.91. The minimum absolute atomic E-state index is 0.0259. The molecule has 0 aliphatic carbocycles. The molecule has 4 nitrogen and oxygen atoms in total. The molecular weight excluding hydrogens is 170 g/mol. The molecule has 0 aliphatic heterocycles. The first-order valence-electron chi connectivity index (χ1n) is 4.00. The minimum Gasteiger partial charge on any atom is -0.417 e. The zero-order valence-corrected chi connectivity index (χ0v) is 7.53. The van der Waals surface area contributed by atoms with Crippen molar-refractivity contribution in [1.29, 1.82) is 0 Å². The second-order valence-corrected chi connectivity index (χ2v) is 2.94. The third-order valence-corrected chi connectivity index (χ3v) is 1.33. The maximum atomic E-state index is 11.3. The Labute approximate surface area is 75.6 Å². The maximum Gasteiger partial charge on any atom is 0.336 e.